The largest absolute Gasteiger partial charge is 0.424 e. The van der Waals surface area contributed by atoms with Crippen molar-refractivity contribution in [3.05, 3.63) is 107 Å². The monoisotopic (exact) mass is 464 g/mol. The molecular formula is C27H20N4O4. The van der Waals surface area contributed by atoms with Crippen molar-refractivity contribution >= 4 is 29.1 Å². The number of hydrogen-bond acceptors (Lipinski definition) is 6. The molecule has 0 aliphatic carbocycles. The van der Waals surface area contributed by atoms with E-state index in [0.29, 0.717) is 17.1 Å². The van der Waals surface area contributed by atoms with Crippen molar-refractivity contribution in [2.75, 3.05) is 10.2 Å². The highest BCUT2D eigenvalue weighted by Gasteiger charge is 2.37. The van der Waals surface area contributed by atoms with Crippen molar-refractivity contribution < 1.29 is 19.1 Å². The minimum absolute atomic E-state index is 0.204. The van der Waals surface area contributed by atoms with Gasteiger partial charge in [-0.3, -0.25) is 14.4 Å². The number of anilines is 2. The third kappa shape index (κ3) is 4.24. The molecule has 5 rings (SSSR count). The van der Waals surface area contributed by atoms with E-state index in [1.807, 2.05) is 32.0 Å². The Bertz CT molecular complexity index is 1470. The minimum Gasteiger partial charge on any atom is -0.424 e. The Morgan fingerprint density at radius 3 is 2.31 bits per heavy atom. The smallest absolute Gasteiger partial charge is 0.321 e. The third-order valence-corrected chi connectivity index (χ3v) is 5.62. The molecular weight excluding hydrogens is 444 g/mol. The van der Waals surface area contributed by atoms with Gasteiger partial charge in [-0.15, -0.1) is 0 Å². The first kappa shape index (κ1) is 22.0. The van der Waals surface area contributed by atoms with Gasteiger partial charge < -0.3 is 10.1 Å². The van der Waals surface area contributed by atoms with E-state index >= 15 is 0 Å². The van der Waals surface area contributed by atoms with Crippen molar-refractivity contribution in [2.24, 2.45) is 0 Å². The maximum atomic E-state index is 13.1. The summed E-state index contributed by atoms with van der Waals surface area (Å²) in [7, 11) is 0. The van der Waals surface area contributed by atoms with E-state index in [9.17, 15) is 14.4 Å². The SMILES string of the molecule is Cc1ccc(C)c(N2C(=O)c3ccc(C(=O)Nc4ccc(Oc5ncccn5)cc4)cc3C2=O)c1. The third-order valence-electron chi connectivity index (χ3n) is 5.62. The molecule has 0 atom stereocenters. The quantitative estimate of drug-likeness (QED) is 0.420. The fourth-order valence-corrected chi connectivity index (χ4v) is 3.81. The predicted octanol–water partition coefficient (Wildman–Crippen LogP) is 4.94. The molecule has 0 unspecified atom stereocenters. The van der Waals surface area contributed by atoms with E-state index in [1.165, 1.54) is 23.1 Å². The van der Waals surface area contributed by atoms with Gasteiger partial charge in [0, 0.05) is 23.6 Å². The molecule has 1 aromatic heterocycles. The zero-order valence-corrected chi connectivity index (χ0v) is 19.0. The molecule has 0 spiro atoms. The van der Waals surface area contributed by atoms with Crippen LogP contribution in [0.5, 0.6) is 11.8 Å². The normalized spacial score (nSPS) is 12.5. The van der Waals surface area contributed by atoms with E-state index in [2.05, 4.69) is 15.3 Å². The Hall–Kier alpha value is -4.85. The maximum Gasteiger partial charge on any atom is 0.321 e. The van der Waals surface area contributed by atoms with E-state index in [-0.39, 0.29) is 22.7 Å². The van der Waals surface area contributed by atoms with E-state index in [0.717, 1.165) is 11.1 Å². The lowest BCUT2D eigenvalue weighted by Crippen LogP contribution is -2.30. The molecule has 1 aliphatic heterocycles. The number of amides is 3. The molecule has 0 radical (unpaired) electrons. The van der Waals surface area contributed by atoms with Crippen LogP contribution in [0, 0.1) is 13.8 Å². The summed E-state index contributed by atoms with van der Waals surface area (Å²) in [5.74, 6) is -0.734. The number of carbonyl (C=O) groups is 3. The van der Waals surface area contributed by atoms with Crippen LogP contribution in [0.15, 0.2) is 79.1 Å². The molecule has 3 aromatic carbocycles. The Morgan fingerprint density at radius 2 is 1.57 bits per heavy atom. The van der Waals surface area contributed by atoms with Gasteiger partial charge in [-0.25, -0.2) is 14.9 Å². The van der Waals surface area contributed by atoms with Crippen LogP contribution in [0.1, 0.15) is 42.2 Å². The zero-order chi connectivity index (χ0) is 24.5. The topological polar surface area (TPSA) is 101 Å². The number of ether oxygens (including phenoxy) is 1. The predicted molar refractivity (Wildman–Crippen MR) is 130 cm³/mol. The summed E-state index contributed by atoms with van der Waals surface area (Å²) >= 11 is 0. The van der Waals surface area contributed by atoms with E-state index in [4.69, 9.17) is 4.74 Å². The lowest BCUT2D eigenvalue weighted by molar-refractivity contribution is 0.0925. The Labute approximate surface area is 201 Å². The summed E-state index contributed by atoms with van der Waals surface area (Å²) in [4.78, 5) is 48.2. The van der Waals surface area contributed by atoms with Crippen LogP contribution in [0.2, 0.25) is 0 Å². The van der Waals surface area contributed by atoms with Crippen LogP contribution in [0.3, 0.4) is 0 Å². The van der Waals surface area contributed by atoms with Gasteiger partial charge in [0.2, 0.25) is 0 Å². The average molecular weight is 464 g/mol. The second-order valence-electron chi connectivity index (χ2n) is 8.11. The molecule has 1 N–H and O–H groups in total. The highest BCUT2D eigenvalue weighted by molar-refractivity contribution is 6.35. The summed E-state index contributed by atoms with van der Waals surface area (Å²) in [5, 5.41) is 2.79. The average Bonchev–Trinajstić information content (AvgIpc) is 3.11. The lowest BCUT2D eigenvalue weighted by atomic mass is 10.1. The summed E-state index contributed by atoms with van der Waals surface area (Å²) < 4.78 is 5.55. The van der Waals surface area contributed by atoms with Crippen molar-refractivity contribution in [3.63, 3.8) is 0 Å². The molecule has 0 fully saturated rings. The van der Waals surface area contributed by atoms with Gasteiger partial charge in [-0.05, 0) is 79.6 Å². The molecule has 0 saturated heterocycles. The van der Waals surface area contributed by atoms with E-state index < -0.39 is 17.7 Å². The van der Waals surface area contributed by atoms with E-state index in [1.54, 1.807) is 42.7 Å². The summed E-state index contributed by atoms with van der Waals surface area (Å²) in [5.41, 5.74) is 3.59. The second-order valence-corrected chi connectivity index (χ2v) is 8.11. The van der Waals surface area contributed by atoms with Crippen LogP contribution in [0.25, 0.3) is 0 Å². The van der Waals surface area contributed by atoms with Gasteiger partial charge in [-0.1, -0.05) is 12.1 Å². The van der Waals surface area contributed by atoms with Crippen LogP contribution < -0.4 is 15.0 Å². The van der Waals surface area contributed by atoms with Gasteiger partial charge >= 0.3 is 6.01 Å². The van der Waals surface area contributed by atoms with Crippen LogP contribution in [-0.4, -0.2) is 27.7 Å². The van der Waals surface area contributed by atoms with Gasteiger partial charge in [0.05, 0.1) is 16.8 Å². The number of fused-ring (bicyclic) bond motifs is 1. The number of aromatic nitrogens is 2. The van der Waals surface area contributed by atoms with Crippen LogP contribution >= 0.6 is 0 Å². The number of benzene rings is 3. The first-order valence-corrected chi connectivity index (χ1v) is 10.9. The Balaban J connectivity index is 1.33. The summed E-state index contributed by atoms with van der Waals surface area (Å²) in [6, 6.07) is 18.7. The highest BCUT2D eigenvalue weighted by atomic mass is 16.5. The number of nitrogens with one attached hydrogen (secondary N) is 1. The number of hydrogen-bond donors (Lipinski definition) is 1. The van der Waals surface area contributed by atoms with Crippen molar-refractivity contribution in [2.45, 2.75) is 13.8 Å². The van der Waals surface area contributed by atoms with Crippen molar-refractivity contribution in [1.82, 2.24) is 9.97 Å². The molecule has 3 amide bonds. The minimum atomic E-state index is -0.446. The molecule has 2 heterocycles. The number of nitrogens with zero attached hydrogens (tertiary/aromatic N) is 3. The molecule has 8 heteroatoms. The first-order chi connectivity index (χ1) is 16.9. The summed E-state index contributed by atoms with van der Waals surface area (Å²) in [6.45, 7) is 3.75. The van der Waals surface area contributed by atoms with Gasteiger partial charge in [0.15, 0.2) is 0 Å². The maximum absolute atomic E-state index is 13.1. The second kappa shape index (κ2) is 8.83. The lowest BCUT2D eigenvalue weighted by Gasteiger charge is -2.17. The Kier molecular flexibility index (Phi) is 5.54. The van der Waals surface area contributed by atoms with Gasteiger partial charge in [0.1, 0.15) is 5.75 Å². The fraction of sp³-hybridized carbons (Fsp3) is 0.0741. The van der Waals surface area contributed by atoms with Crippen LogP contribution in [0.4, 0.5) is 11.4 Å². The standard InChI is InChI=1S/C27H20N4O4/c1-16-4-5-17(2)23(14-16)31-25(33)21-11-6-18(15-22(21)26(31)34)24(32)30-19-7-9-20(10-8-19)35-27-28-12-3-13-29-27/h3-15H,1-2H3,(H,30,32). The molecule has 35 heavy (non-hydrogen) atoms. The van der Waals surface area contributed by atoms with Crippen molar-refractivity contribution in [3.8, 4) is 11.8 Å². The Morgan fingerprint density at radius 1 is 0.857 bits per heavy atom. The number of rotatable bonds is 5. The molecule has 172 valence electrons. The molecule has 0 bridgehead atoms. The zero-order valence-electron chi connectivity index (χ0n) is 19.0. The van der Waals surface area contributed by atoms with Gasteiger partial charge in [0.25, 0.3) is 17.7 Å². The highest BCUT2D eigenvalue weighted by Crippen LogP contribution is 2.32. The van der Waals surface area contributed by atoms with Crippen molar-refractivity contribution in [1.29, 1.82) is 0 Å². The number of imide groups is 1. The molecule has 8 nitrogen and oxygen atoms in total. The fourth-order valence-electron chi connectivity index (χ4n) is 3.81. The summed E-state index contributed by atoms with van der Waals surface area (Å²) in [6.07, 6.45) is 3.15. The van der Waals surface area contributed by atoms with Crippen LogP contribution in [-0.2, 0) is 0 Å². The molecule has 1 aliphatic rings. The number of carbonyl (C=O) groups excluding carboxylic acids is 3. The first-order valence-electron chi connectivity index (χ1n) is 10.9. The number of aryl methyl sites for hydroxylation is 2. The molecule has 0 saturated carbocycles. The van der Waals surface area contributed by atoms with Gasteiger partial charge in [-0.2, -0.15) is 0 Å². The molecule has 4 aromatic rings.